The van der Waals surface area contributed by atoms with E-state index in [-0.39, 0.29) is 11.3 Å². The van der Waals surface area contributed by atoms with Gasteiger partial charge in [-0.1, -0.05) is 42.5 Å². The summed E-state index contributed by atoms with van der Waals surface area (Å²) >= 11 is 0. The molecule has 4 rings (SSSR count). The Morgan fingerprint density at radius 3 is 2.23 bits per heavy atom. The van der Waals surface area contributed by atoms with Crippen LogP contribution in [0.5, 0.6) is 0 Å². The summed E-state index contributed by atoms with van der Waals surface area (Å²) in [6, 6.07) is 15.7. The van der Waals surface area contributed by atoms with Crippen LogP contribution in [0.25, 0.3) is 0 Å². The standard InChI is InChI=1S/C25H29F3N2O/c26-25(27,28)22-10-8-21(9-11-22)18-30-19-24(17-23(30)31)12-15-29(16-13-24)14-4-7-20-5-2-1-3-6-20/h1-3,5-6,8-11H,4,7,12-19H2. The lowest BCUT2D eigenvalue weighted by molar-refractivity contribution is -0.137. The van der Waals surface area contributed by atoms with E-state index in [1.54, 1.807) is 0 Å². The molecule has 0 N–H and O–H groups in total. The summed E-state index contributed by atoms with van der Waals surface area (Å²) in [5, 5.41) is 0. The highest BCUT2D eigenvalue weighted by molar-refractivity contribution is 5.79. The van der Waals surface area contributed by atoms with Gasteiger partial charge in [0.2, 0.25) is 5.91 Å². The van der Waals surface area contributed by atoms with E-state index in [4.69, 9.17) is 0 Å². The lowest BCUT2D eigenvalue weighted by Crippen LogP contribution is -2.41. The van der Waals surface area contributed by atoms with Crippen molar-refractivity contribution in [3.05, 3.63) is 71.3 Å². The van der Waals surface area contributed by atoms with E-state index in [0.29, 0.717) is 19.5 Å². The number of amides is 1. The van der Waals surface area contributed by atoms with E-state index in [1.165, 1.54) is 17.7 Å². The van der Waals surface area contributed by atoms with E-state index in [0.717, 1.165) is 63.0 Å². The van der Waals surface area contributed by atoms with Crippen molar-refractivity contribution in [2.75, 3.05) is 26.2 Å². The Bertz CT molecular complexity index is 872. The number of piperidine rings is 1. The molecule has 166 valence electrons. The minimum atomic E-state index is -4.33. The highest BCUT2D eigenvalue weighted by Crippen LogP contribution is 2.41. The van der Waals surface area contributed by atoms with Crippen LogP contribution in [0.2, 0.25) is 0 Å². The number of aryl methyl sites for hydroxylation is 1. The molecule has 3 nitrogen and oxygen atoms in total. The van der Waals surface area contributed by atoms with Gasteiger partial charge in [0, 0.05) is 19.5 Å². The fourth-order valence-electron chi connectivity index (χ4n) is 4.88. The van der Waals surface area contributed by atoms with Crippen molar-refractivity contribution in [2.45, 2.75) is 44.8 Å². The van der Waals surface area contributed by atoms with Crippen molar-refractivity contribution in [1.29, 1.82) is 0 Å². The Morgan fingerprint density at radius 1 is 0.903 bits per heavy atom. The molecule has 6 heteroatoms. The van der Waals surface area contributed by atoms with Gasteiger partial charge in [0.05, 0.1) is 5.56 Å². The molecule has 2 saturated heterocycles. The zero-order valence-corrected chi connectivity index (χ0v) is 17.7. The second-order valence-corrected chi connectivity index (χ2v) is 9.05. The molecular formula is C25H29F3N2O. The first-order chi connectivity index (χ1) is 14.8. The molecule has 0 bridgehead atoms. The molecule has 0 aliphatic carbocycles. The van der Waals surface area contributed by atoms with Crippen LogP contribution in [0.3, 0.4) is 0 Å². The summed E-state index contributed by atoms with van der Waals surface area (Å²) in [6.07, 6.45) is 0.464. The van der Waals surface area contributed by atoms with Gasteiger partial charge < -0.3 is 9.80 Å². The number of rotatable bonds is 6. The SMILES string of the molecule is O=C1CC2(CCN(CCCc3ccccc3)CC2)CN1Cc1ccc(C(F)(F)F)cc1. The molecule has 2 fully saturated rings. The summed E-state index contributed by atoms with van der Waals surface area (Å²) in [5.41, 5.74) is 1.49. The minimum absolute atomic E-state index is 0.0267. The van der Waals surface area contributed by atoms with E-state index in [1.807, 2.05) is 11.0 Å². The van der Waals surface area contributed by atoms with Gasteiger partial charge in [0.15, 0.2) is 0 Å². The van der Waals surface area contributed by atoms with Crippen LogP contribution in [-0.4, -0.2) is 41.9 Å². The van der Waals surface area contributed by atoms with Crippen LogP contribution in [0.1, 0.15) is 42.4 Å². The number of carbonyl (C=O) groups excluding carboxylic acids is 1. The van der Waals surface area contributed by atoms with Crippen molar-refractivity contribution >= 4 is 5.91 Å². The van der Waals surface area contributed by atoms with Crippen molar-refractivity contribution in [3.8, 4) is 0 Å². The Morgan fingerprint density at radius 2 is 1.58 bits per heavy atom. The fraction of sp³-hybridized carbons (Fsp3) is 0.480. The molecule has 2 aliphatic rings. The Labute approximate surface area is 181 Å². The van der Waals surface area contributed by atoms with Crippen LogP contribution in [-0.2, 0) is 23.9 Å². The molecule has 31 heavy (non-hydrogen) atoms. The maximum atomic E-state index is 12.8. The summed E-state index contributed by atoms with van der Waals surface area (Å²) in [5.74, 6) is 0.123. The van der Waals surface area contributed by atoms with Gasteiger partial charge in [0.1, 0.15) is 0 Å². The molecule has 0 saturated carbocycles. The topological polar surface area (TPSA) is 23.6 Å². The zero-order valence-electron chi connectivity index (χ0n) is 17.7. The van der Waals surface area contributed by atoms with Crippen molar-refractivity contribution < 1.29 is 18.0 Å². The van der Waals surface area contributed by atoms with Gasteiger partial charge >= 0.3 is 6.18 Å². The fourth-order valence-corrected chi connectivity index (χ4v) is 4.88. The van der Waals surface area contributed by atoms with Crippen LogP contribution >= 0.6 is 0 Å². The van der Waals surface area contributed by atoms with E-state index in [9.17, 15) is 18.0 Å². The zero-order chi connectivity index (χ0) is 21.9. The third kappa shape index (κ3) is 5.48. The second kappa shape index (κ2) is 9.03. The van der Waals surface area contributed by atoms with Crippen molar-refractivity contribution in [3.63, 3.8) is 0 Å². The number of carbonyl (C=O) groups is 1. The van der Waals surface area contributed by atoms with Crippen molar-refractivity contribution in [1.82, 2.24) is 9.80 Å². The monoisotopic (exact) mass is 430 g/mol. The van der Waals surface area contributed by atoms with Gasteiger partial charge in [-0.25, -0.2) is 0 Å². The Balaban J connectivity index is 1.25. The third-order valence-electron chi connectivity index (χ3n) is 6.76. The second-order valence-electron chi connectivity index (χ2n) is 9.05. The van der Waals surface area contributed by atoms with Crippen molar-refractivity contribution in [2.24, 2.45) is 5.41 Å². The smallest absolute Gasteiger partial charge is 0.338 e. The van der Waals surface area contributed by atoms with Crippen LogP contribution in [0.15, 0.2) is 54.6 Å². The summed E-state index contributed by atoms with van der Waals surface area (Å²) < 4.78 is 38.3. The first-order valence-corrected chi connectivity index (χ1v) is 11.0. The first-order valence-electron chi connectivity index (χ1n) is 11.0. The summed E-state index contributed by atoms with van der Waals surface area (Å²) in [4.78, 5) is 16.9. The normalized spacial score (nSPS) is 19.3. The lowest BCUT2D eigenvalue weighted by atomic mass is 9.77. The highest BCUT2D eigenvalue weighted by atomic mass is 19.4. The first kappa shape index (κ1) is 21.9. The molecule has 0 atom stereocenters. The molecule has 1 amide bonds. The molecule has 1 spiro atoms. The molecule has 0 aromatic heterocycles. The molecule has 0 radical (unpaired) electrons. The molecule has 2 heterocycles. The molecule has 2 aliphatic heterocycles. The average Bonchev–Trinajstić information content (AvgIpc) is 3.05. The number of likely N-dealkylation sites (tertiary alicyclic amines) is 2. The summed E-state index contributed by atoms with van der Waals surface area (Å²) in [7, 11) is 0. The Hall–Kier alpha value is -2.34. The van der Waals surface area contributed by atoms with Gasteiger partial charge in [-0.05, 0) is 74.0 Å². The van der Waals surface area contributed by atoms with Crippen LogP contribution < -0.4 is 0 Å². The van der Waals surface area contributed by atoms with E-state index >= 15 is 0 Å². The molecular weight excluding hydrogens is 401 g/mol. The largest absolute Gasteiger partial charge is 0.416 e. The summed E-state index contributed by atoms with van der Waals surface area (Å²) in [6.45, 7) is 4.20. The predicted octanol–water partition coefficient (Wildman–Crippen LogP) is 5.15. The molecule has 0 unspecified atom stereocenters. The van der Waals surface area contributed by atoms with Crippen LogP contribution in [0, 0.1) is 5.41 Å². The predicted molar refractivity (Wildman–Crippen MR) is 114 cm³/mol. The van der Waals surface area contributed by atoms with Gasteiger partial charge in [-0.15, -0.1) is 0 Å². The number of hydrogen-bond donors (Lipinski definition) is 0. The maximum absolute atomic E-state index is 12.8. The molecule has 2 aromatic carbocycles. The Kier molecular flexibility index (Phi) is 6.37. The maximum Gasteiger partial charge on any atom is 0.416 e. The quantitative estimate of drug-likeness (QED) is 0.633. The van der Waals surface area contributed by atoms with Gasteiger partial charge in [-0.2, -0.15) is 13.2 Å². The third-order valence-corrected chi connectivity index (χ3v) is 6.76. The van der Waals surface area contributed by atoms with Gasteiger partial charge in [0.25, 0.3) is 0 Å². The minimum Gasteiger partial charge on any atom is -0.338 e. The highest BCUT2D eigenvalue weighted by Gasteiger charge is 2.44. The number of alkyl halides is 3. The lowest BCUT2D eigenvalue weighted by Gasteiger charge is -2.38. The number of hydrogen-bond acceptors (Lipinski definition) is 2. The number of nitrogens with zero attached hydrogens (tertiary/aromatic N) is 2. The van der Waals surface area contributed by atoms with Gasteiger partial charge in [-0.3, -0.25) is 4.79 Å². The number of halogens is 3. The van der Waals surface area contributed by atoms with Crippen LogP contribution in [0.4, 0.5) is 13.2 Å². The number of benzene rings is 2. The molecule has 2 aromatic rings. The average molecular weight is 431 g/mol. The van der Waals surface area contributed by atoms with E-state index in [2.05, 4.69) is 29.2 Å². The van der Waals surface area contributed by atoms with E-state index < -0.39 is 11.7 Å².